The Labute approximate surface area is 136 Å². The van der Waals surface area contributed by atoms with Crippen molar-refractivity contribution in [1.82, 2.24) is 15.0 Å². The highest BCUT2D eigenvalue weighted by molar-refractivity contribution is 5.76. The molecule has 0 saturated heterocycles. The molecule has 0 aliphatic heterocycles. The van der Waals surface area contributed by atoms with Crippen molar-refractivity contribution in [2.24, 2.45) is 5.92 Å². The molecule has 0 N–H and O–H groups in total. The Kier molecular flexibility index (Phi) is 5.05. The fourth-order valence-electron chi connectivity index (χ4n) is 3.06. The summed E-state index contributed by atoms with van der Waals surface area (Å²) in [7, 11) is 1.86. The number of likely N-dealkylation sites (N-methyl/N-ethyl adjacent to an activating group) is 1. The van der Waals surface area contributed by atoms with Crippen LogP contribution in [0.25, 0.3) is 11.5 Å². The van der Waals surface area contributed by atoms with Crippen molar-refractivity contribution in [2.45, 2.75) is 38.5 Å². The third-order valence-corrected chi connectivity index (χ3v) is 4.52. The Bertz CT molecular complexity index is 633. The molecule has 1 aromatic heterocycles. The fraction of sp³-hybridized carbons (Fsp3) is 0.500. The maximum atomic E-state index is 12.2. The molecule has 23 heavy (non-hydrogen) atoms. The summed E-state index contributed by atoms with van der Waals surface area (Å²) in [5.74, 6) is 1.98. The van der Waals surface area contributed by atoms with Gasteiger partial charge in [0.25, 0.3) is 5.89 Å². The highest BCUT2D eigenvalue weighted by Crippen LogP contribution is 2.27. The summed E-state index contributed by atoms with van der Waals surface area (Å²) in [6.07, 6.45) is 6.23. The van der Waals surface area contributed by atoms with Gasteiger partial charge in [-0.3, -0.25) is 4.79 Å². The Balaban J connectivity index is 1.50. The van der Waals surface area contributed by atoms with E-state index in [9.17, 15) is 4.79 Å². The molecule has 0 radical (unpaired) electrons. The zero-order chi connectivity index (χ0) is 16.1. The van der Waals surface area contributed by atoms with Crippen molar-refractivity contribution in [3.63, 3.8) is 0 Å². The first kappa shape index (κ1) is 15.7. The predicted octanol–water partition coefficient (Wildman–Crippen LogP) is 3.32. The zero-order valence-corrected chi connectivity index (χ0v) is 13.6. The van der Waals surface area contributed by atoms with Crippen LogP contribution in [0.1, 0.15) is 37.9 Å². The summed E-state index contributed by atoms with van der Waals surface area (Å²) in [4.78, 5) is 18.4. The smallest absolute Gasteiger partial charge is 0.257 e. The predicted molar refractivity (Wildman–Crippen MR) is 87.7 cm³/mol. The van der Waals surface area contributed by atoms with Gasteiger partial charge in [0.2, 0.25) is 5.91 Å². The molecule has 1 amide bonds. The molecule has 5 heteroatoms. The molecule has 0 unspecified atom stereocenters. The maximum Gasteiger partial charge on any atom is 0.257 e. The number of aromatic nitrogens is 2. The van der Waals surface area contributed by atoms with Gasteiger partial charge in [0, 0.05) is 32.0 Å². The lowest BCUT2D eigenvalue weighted by atomic mass is 10.0. The van der Waals surface area contributed by atoms with Crippen LogP contribution in [-0.2, 0) is 11.2 Å². The lowest BCUT2D eigenvalue weighted by Crippen LogP contribution is -2.30. The van der Waals surface area contributed by atoms with E-state index in [0.717, 1.165) is 5.56 Å². The van der Waals surface area contributed by atoms with E-state index in [4.69, 9.17) is 4.52 Å². The fourth-order valence-corrected chi connectivity index (χ4v) is 3.06. The molecule has 3 rings (SSSR count). The van der Waals surface area contributed by atoms with Gasteiger partial charge in [0.05, 0.1) is 0 Å². The minimum absolute atomic E-state index is 0.226. The molecule has 122 valence electrons. The van der Waals surface area contributed by atoms with E-state index in [2.05, 4.69) is 10.1 Å². The minimum Gasteiger partial charge on any atom is -0.345 e. The standard InChI is InChI=1S/C18H23N3O2/c1-21(17(22)13-14-7-5-6-8-14)12-11-16-19-18(23-20-16)15-9-3-2-4-10-15/h2-4,9-10,14H,5-8,11-13H2,1H3. The van der Waals surface area contributed by atoms with Crippen molar-refractivity contribution in [1.29, 1.82) is 0 Å². The lowest BCUT2D eigenvalue weighted by Gasteiger charge is -2.18. The highest BCUT2D eigenvalue weighted by Gasteiger charge is 2.20. The van der Waals surface area contributed by atoms with Crippen LogP contribution in [0.4, 0.5) is 0 Å². The third-order valence-electron chi connectivity index (χ3n) is 4.52. The van der Waals surface area contributed by atoms with Crippen molar-refractivity contribution >= 4 is 5.91 Å². The van der Waals surface area contributed by atoms with Crippen molar-refractivity contribution in [3.05, 3.63) is 36.2 Å². The summed E-state index contributed by atoms with van der Waals surface area (Å²) < 4.78 is 5.29. The molecule has 1 aliphatic carbocycles. The van der Waals surface area contributed by atoms with Crippen LogP contribution in [0, 0.1) is 5.92 Å². The molecule has 2 aromatic rings. The summed E-state index contributed by atoms with van der Waals surface area (Å²) in [6, 6.07) is 9.71. The second-order valence-electron chi connectivity index (χ2n) is 6.30. The van der Waals surface area contributed by atoms with Crippen LogP contribution < -0.4 is 0 Å². The quantitative estimate of drug-likeness (QED) is 0.821. The number of hydrogen-bond donors (Lipinski definition) is 0. The SMILES string of the molecule is CN(CCc1noc(-c2ccccc2)n1)C(=O)CC1CCCC1. The van der Waals surface area contributed by atoms with Crippen LogP contribution in [-0.4, -0.2) is 34.5 Å². The van der Waals surface area contributed by atoms with Gasteiger partial charge in [-0.2, -0.15) is 4.98 Å². The van der Waals surface area contributed by atoms with E-state index in [1.807, 2.05) is 37.4 Å². The van der Waals surface area contributed by atoms with E-state index in [1.165, 1.54) is 25.7 Å². The molecule has 0 bridgehead atoms. The van der Waals surface area contributed by atoms with Crippen LogP contribution in [0.15, 0.2) is 34.9 Å². The Morgan fingerprint density at radius 1 is 1.26 bits per heavy atom. The van der Waals surface area contributed by atoms with E-state index in [1.54, 1.807) is 4.90 Å². The number of benzene rings is 1. The van der Waals surface area contributed by atoms with Gasteiger partial charge in [0.15, 0.2) is 5.82 Å². The first-order chi connectivity index (χ1) is 11.2. The summed E-state index contributed by atoms with van der Waals surface area (Å²) in [5.41, 5.74) is 0.914. The Morgan fingerprint density at radius 2 is 2.00 bits per heavy atom. The van der Waals surface area contributed by atoms with Crippen LogP contribution in [0.2, 0.25) is 0 Å². The number of hydrogen-bond acceptors (Lipinski definition) is 4. The van der Waals surface area contributed by atoms with Gasteiger partial charge in [-0.15, -0.1) is 0 Å². The van der Waals surface area contributed by atoms with Crippen LogP contribution >= 0.6 is 0 Å². The topological polar surface area (TPSA) is 59.2 Å². The van der Waals surface area contributed by atoms with Crippen molar-refractivity contribution in [3.8, 4) is 11.5 Å². The molecule has 1 fully saturated rings. The number of rotatable bonds is 6. The molecular weight excluding hydrogens is 290 g/mol. The zero-order valence-electron chi connectivity index (χ0n) is 13.6. The van der Waals surface area contributed by atoms with Crippen LogP contribution in [0.3, 0.4) is 0 Å². The number of nitrogens with zero attached hydrogens (tertiary/aromatic N) is 3. The average Bonchev–Trinajstić information content (AvgIpc) is 3.25. The first-order valence-corrected chi connectivity index (χ1v) is 8.34. The van der Waals surface area contributed by atoms with Gasteiger partial charge in [-0.25, -0.2) is 0 Å². The summed E-state index contributed by atoms with van der Waals surface area (Å²) in [6.45, 7) is 0.624. The average molecular weight is 313 g/mol. The van der Waals surface area contributed by atoms with Gasteiger partial charge < -0.3 is 9.42 Å². The van der Waals surface area contributed by atoms with E-state index in [-0.39, 0.29) is 5.91 Å². The largest absolute Gasteiger partial charge is 0.345 e. The third kappa shape index (κ3) is 4.18. The van der Waals surface area contributed by atoms with E-state index >= 15 is 0 Å². The second-order valence-corrected chi connectivity index (χ2v) is 6.30. The van der Waals surface area contributed by atoms with E-state index < -0.39 is 0 Å². The van der Waals surface area contributed by atoms with Crippen LogP contribution in [0.5, 0.6) is 0 Å². The molecule has 1 heterocycles. The molecular formula is C18H23N3O2. The normalized spacial score (nSPS) is 15.0. The Morgan fingerprint density at radius 3 is 2.74 bits per heavy atom. The second kappa shape index (κ2) is 7.40. The summed E-state index contributed by atoms with van der Waals surface area (Å²) in [5, 5.41) is 4.00. The van der Waals surface area contributed by atoms with Gasteiger partial charge in [0.1, 0.15) is 0 Å². The number of carbonyl (C=O) groups is 1. The summed E-state index contributed by atoms with van der Waals surface area (Å²) >= 11 is 0. The molecule has 0 spiro atoms. The molecule has 1 aliphatic rings. The minimum atomic E-state index is 0.226. The molecule has 5 nitrogen and oxygen atoms in total. The lowest BCUT2D eigenvalue weighted by molar-refractivity contribution is -0.130. The molecule has 1 aromatic carbocycles. The first-order valence-electron chi connectivity index (χ1n) is 8.34. The Hall–Kier alpha value is -2.17. The van der Waals surface area contributed by atoms with Crippen molar-refractivity contribution in [2.75, 3.05) is 13.6 Å². The molecule has 1 saturated carbocycles. The molecule has 0 atom stereocenters. The van der Waals surface area contributed by atoms with Crippen molar-refractivity contribution < 1.29 is 9.32 Å². The van der Waals surface area contributed by atoms with Gasteiger partial charge in [-0.05, 0) is 30.9 Å². The van der Waals surface area contributed by atoms with Gasteiger partial charge >= 0.3 is 0 Å². The number of carbonyl (C=O) groups excluding carboxylic acids is 1. The number of amides is 1. The van der Waals surface area contributed by atoms with Gasteiger partial charge in [-0.1, -0.05) is 36.2 Å². The van der Waals surface area contributed by atoms with E-state index in [0.29, 0.717) is 37.0 Å². The maximum absolute atomic E-state index is 12.2. The highest BCUT2D eigenvalue weighted by atomic mass is 16.5. The monoisotopic (exact) mass is 313 g/mol.